The van der Waals surface area contributed by atoms with Crippen molar-refractivity contribution in [1.82, 2.24) is 0 Å². The van der Waals surface area contributed by atoms with E-state index in [1.54, 1.807) is 12.1 Å². The second-order valence-electron chi connectivity index (χ2n) is 5.62. The number of phenolic OH excluding ortho intramolecular Hbond substituents is 1. The summed E-state index contributed by atoms with van der Waals surface area (Å²) in [5.74, 6) is 1.22. The average Bonchev–Trinajstić information content (AvgIpc) is 2.53. The van der Waals surface area contributed by atoms with Gasteiger partial charge >= 0.3 is 0 Å². The number of rotatable bonds is 6. The molecule has 0 amide bonds. The first-order valence-electron chi connectivity index (χ1n) is 7.48. The number of aromatic hydroxyl groups is 1. The summed E-state index contributed by atoms with van der Waals surface area (Å²) < 4.78 is 0. The molecule has 0 fully saturated rings. The van der Waals surface area contributed by atoms with Gasteiger partial charge in [0.05, 0.1) is 0 Å². The molecule has 2 atom stereocenters. The van der Waals surface area contributed by atoms with Gasteiger partial charge < -0.3 is 5.11 Å². The maximum atomic E-state index is 10.7. The van der Waals surface area contributed by atoms with Crippen LogP contribution in [0.2, 0.25) is 0 Å². The lowest BCUT2D eigenvalue weighted by molar-refractivity contribution is 0.112. The highest BCUT2D eigenvalue weighted by Gasteiger charge is 2.15. The monoisotopic (exact) mass is 282 g/mol. The molecule has 0 aliphatic rings. The van der Waals surface area contributed by atoms with Crippen molar-refractivity contribution in [1.29, 1.82) is 0 Å². The van der Waals surface area contributed by atoms with Crippen LogP contribution in [0, 0.1) is 0 Å². The SMILES string of the molecule is CCC(CC(C)c1ccc(C=O)cc1)c1ccc(O)cc1. The van der Waals surface area contributed by atoms with E-state index in [1.807, 2.05) is 36.4 Å². The van der Waals surface area contributed by atoms with Crippen LogP contribution in [0.3, 0.4) is 0 Å². The Balaban J connectivity index is 2.09. The summed E-state index contributed by atoms with van der Waals surface area (Å²) >= 11 is 0. The molecule has 2 nitrogen and oxygen atoms in total. The van der Waals surface area contributed by atoms with Crippen LogP contribution in [0.1, 0.15) is 60.0 Å². The number of carbonyl (C=O) groups excluding carboxylic acids is 1. The highest BCUT2D eigenvalue weighted by atomic mass is 16.3. The van der Waals surface area contributed by atoms with Crippen molar-refractivity contribution in [3.05, 3.63) is 65.2 Å². The fraction of sp³-hybridized carbons (Fsp3) is 0.316. The molecular formula is C19H22O2. The normalized spacial score (nSPS) is 13.6. The zero-order valence-electron chi connectivity index (χ0n) is 12.6. The Morgan fingerprint density at radius 3 is 2.10 bits per heavy atom. The molecule has 2 rings (SSSR count). The molecule has 2 aromatic rings. The van der Waals surface area contributed by atoms with Crippen LogP contribution in [0.25, 0.3) is 0 Å². The zero-order chi connectivity index (χ0) is 15.2. The van der Waals surface area contributed by atoms with Crippen LogP contribution in [0.15, 0.2) is 48.5 Å². The Bertz CT molecular complexity index is 570. The molecule has 2 aromatic carbocycles. The van der Waals surface area contributed by atoms with Crippen LogP contribution in [0.4, 0.5) is 0 Å². The molecular weight excluding hydrogens is 260 g/mol. The van der Waals surface area contributed by atoms with E-state index in [2.05, 4.69) is 13.8 Å². The molecule has 0 bridgehead atoms. The third-order valence-electron chi connectivity index (χ3n) is 4.14. The topological polar surface area (TPSA) is 37.3 Å². The predicted octanol–water partition coefficient (Wildman–Crippen LogP) is 4.89. The van der Waals surface area contributed by atoms with E-state index in [1.165, 1.54) is 11.1 Å². The summed E-state index contributed by atoms with van der Waals surface area (Å²) in [6, 6.07) is 15.3. The molecule has 0 aliphatic carbocycles. The van der Waals surface area contributed by atoms with Gasteiger partial charge in [0.15, 0.2) is 0 Å². The lowest BCUT2D eigenvalue weighted by Crippen LogP contribution is -2.03. The minimum atomic E-state index is 0.311. The van der Waals surface area contributed by atoms with Crippen molar-refractivity contribution in [3.8, 4) is 5.75 Å². The second-order valence-corrected chi connectivity index (χ2v) is 5.62. The van der Waals surface area contributed by atoms with E-state index in [9.17, 15) is 9.90 Å². The number of hydrogen-bond donors (Lipinski definition) is 1. The first-order valence-corrected chi connectivity index (χ1v) is 7.48. The number of aldehydes is 1. The molecule has 0 aromatic heterocycles. The third kappa shape index (κ3) is 3.94. The maximum Gasteiger partial charge on any atom is 0.150 e. The van der Waals surface area contributed by atoms with Gasteiger partial charge in [-0.15, -0.1) is 0 Å². The largest absolute Gasteiger partial charge is 0.508 e. The molecule has 0 saturated carbocycles. The Morgan fingerprint density at radius 2 is 1.57 bits per heavy atom. The van der Waals surface area contributed by atoms with Gasteiger partial charge in [0.1, 0.15) is 12.0 Å². The van der Waals surface area contributed by atoms with E-state index in [-0.39, 0.29) is 0 Å². The van der Waals surface area contributed by atoms with E-state index >= 15 is 0 Å². The minimum absolute atomic E-state index is 0.311. The lowest BCUT2D eigenvalue weighted by atomic mass is 9.84. The van der Waals surface area contributed by atoms with Crippen LogP contribution < -0.4 is 0 Å². The summed E-state index contributed by atoms with van der Waals surface area (Å²) in [7, 11) is 0. The first-order chi connectivity index (χ1) is 10.1. The Kier molecular flexibility index (Phi) is 5.15. The standard InChI is InChI=1S/C19H22O2/c1-3-16(18-8-10-19(21)11-9-18)12-14(2)17-6-4-15(13-20)5-7-17/h4-11,13-14,16,21H,3,12H2,1-2H3. The molecule has 0 heterocycles. The van der Waals surface area contributed by atoms with Gasteiger partial charge in [0.25, 0.3) is 0 Å². The van der Waals surface area contributed by atoms with E-state index in [0.717, 1.165) is 24.7 Å². The number of benzene rings is 2. The number of phenols is 1. The third-order valence-corrected chi connectivity index (χ3v) is 4.14. The zero-order valence-corrected chi connectivity index (χ0v) is 12.6. The number of hydrogen-bond acceptors (Lipinski definition) is 2. The van der Waals surface area contributed by atoms with Gasteiger partial charge in [-0.1, -0.05) is 50.2 Å². The Morgan fingerprint density at radius 1 is 1.00 bits per heavy atom. The van der Waals surface area contributed by atoms with Gasteiger partial charge in [-0.25, -0.2) is 0 Å². The quantitative estimate of drug-likeness (QED) is 0.766. The predicted molar refractivity (Wildman–Crippen MR) is 86.0 cm³/mol. The van der Waals surface area contributed by atoms with Crippen LogP contribution >= 0.6 is 0 Å². The molecule has 0 aliphatic heterocycles. The molecule has 0 radical (unpaired) electrons. The van der Waals surface area contributed by atoms with Crippen molar-refractivity contribution >= 4 is 6.29 Å². The van der Waals surface area contributed by atoms with Crippen molar-refractivity contribution in [3.63, 3.8) is 0 Å². The van der Waals surface area contributed by atoms with E-state index in [0.29, 0.717) is 17.6 Å². The molecule has 0 saturated heterocycles. The molecule has 2 heteroatoms. The minimum Gasteiger partial charge on any atom is -0.508 e. The lowest BCUT2D eigenvalue weighted by Gasteiger charge is -2.20. The molecule has 1 N–H and O–H groups in total. The van der Waals surface area contributed by atoms with E-state index < -0.39 is 0 Å². The highest BCUT2D eigenvalue weighted by molar-refractivity contribution is 5.74. The van der Waals surface area contributed by atoms with Gasteiger partial charge in [0.2, 0.25) is 0 Å². The van der Waals surface area contributed by atoms with Crippen molar-refractivity contribution < 1.29 is 9.90 Å². The second kappa shape index (κ2) is 7.07. The van der Waals surface area contributed by atoms with Crippen molar-refractivity contribution in [2.45, 2.75) is 38.5 Å². The van der Waals surface area contributed by atoms with Gasteiger partial charge in [-0.3, -0.25) is 4.79 Å². The summed E-state index contributed by atoms with van der Waals surface area (Å²) in [5, 5.41) is 9.39. The summed E-state index contributed by atoms with van der Waals surface area (Å²) in [6.07, 6.45) is 3.00. The Hall–Kier alpha value is -2.09. The molecule has 21 heavy (non-hydrogen) atoms. The summed E-state index contributed by atoms with van der Waals surface area (Å²) in [6.45, 7) is 4.42. The van der Waals surface area contributed by atoms with Gasteiger partial charge in [-0.2, -0.15) is 0 Å². The molecule has 0 spiro atoms. The van der Waals surface area contributed by atoms with Gasteiger partial charge in [0, 0.05) is 5.56 Å². The maximum absolute atomic E-state index is 10.7. The van der Waals surface area contributed by atoms with Crippen LogP contribution in [0.5, 0.6) is 5.75 Å². The fourth-order valence-corrected chi connectivity index (χ4v) is 2.75. The Labute approximate surface area is 126 Å². The van der Waals surface area contributed by atoms with Crippen molar-refractivity contribution in [2.75, 3.05) is 0 Å². The van der Waals surface area contributed by atoms with Gasteiger partial charge in [-0.05, 0) is 47.9 Å². The smallest absolute Gasteiger partial charge is 0.150 e. The molecule has 2 unspecified atom stereocenters. The van der Waals surface area contributed by atoms with Crippen molar-refractivity contribution in [2.24, 2.45) is 0 Å². The summed E-state index contributed by atoms with van der Waals surface area (Å²) in [4.78, 5) is 10.7. The van der Waals surface area contributed by atoms with Crippen LogP contribution in [-0.4, -0.2) is 11.4 Å². The fourth-order valence-electron chi connectivity index (χ4n) is 2.75. The van der Waals surface area contributed by atoms with Crippen LogP contribution in [-0.2, 0) is 0 Å². The van der Waals surface area contributed by atoms with E-state index in [4.69, 9.17) is 0 Å². The number of carbonyl (C=O) groups is 1. The summed E-state index contributed by atoms with van der Waals surface area (Å²) in [5.41, 5.74) is 3.25. The average molecular weight is 282 g/mol. The highest BCUT2D eigenvalue weighted by Crippen LogP contribution is 2.32. The molecule has 110 valence electrons. The first kappa shape index (κ1) is 15.3.